The molecule has 0 radical (unpaired) electrons. The Morgan fingerprint density at radius 2 is 1.92 bits per heavy atom. The highest BCUT2D eigenvalue weighted by Gasteiger charge is 2.14. The first-order valence-corrected chi connectivity index (χ1v) is 7.55. The summed E-state index contributed by atoms with van der Waals surface area (Å²) < 4.78 is 5.61. The lowest BCUT2D eigenvalue weighted by Gasteiger charge is -2.13. The average Bonchev–Trinajstić information content (AvgIpc) is 3.16. The molecule has 1 unspecified atom stereocenters. The summed E-state index contributed by atoms with van der Waals surface area (Å²) in [5.74, 6) is 0.888. The van der Waals surface area contributed by atoms with Crippen LogP contribution in [0.5, 0.6) is 5.75 Å². The van der Waals surface area contributed by atoms with Crippen LogP contribution in [0.1, 0.15) is 6.92 Å². The van der Waals surface area contributed by atoms with Crippen LogP contribution in [0.3, 0.4) is 0 Å². The van der Waals surface area contributed by atoms with E-state index < -0.39 is 0 Å². The summed E-state index contributed by atoms with van der Waals surface area (Å²) in [6, 6.07) is 16.7. The van der Waals surface area contributed by atoms with Crippen molar-refractivity contribution in [1.29, 1.82) is 0 Å². The minimum Gasteiger partial charge on any atom is -0.493 e. The number of amides is 1. The van der Waals surface area contributed by atoms with E-state index >= 15 is 0 Å². The number of nitrogens with one attached hydrogen (secondary N) is 2. The Morgan fingerprint density at radius 1 is 1.17 bits per heavy atom. The fourth-order valence-electron chi connectivity index (χ4n) is 2.07. The molecule has 24 heavy (non-hydrogen) atoms. The van der Waals surface area contributed by atoms with Gasteiger partial charge in [0.1, 0.15) is 5.75 Å². The number of ether oxygens (including phenoxy) is 1. The van der Waals surface area contributed by atoms with E-state index in [0.717, 1.165) is 11.3 Å². The number of benzene rings is 2. The van der Waals surface area contributed by atoms with E-state index in [2.05, 4.69) is 25.9 Å². The topological polar surface area (TPSA) is 92.8 Å². The van der Waals surface area contributed by atoms with Crippen LogP contribution in [0.2, 0.25) is 0 Å². The third-order valence-corrected chi connectivity index (χ3v) is 3.45. The van der Waals surface area contributed by atoms with Crippen molar-refractivity contribution in [2.45, 2.75) is 6.92 Å². The van der Waals surface area contributed by atoms with Crippen molar-refractivity contribution in [2.75, 3.05) is 11.9 Å². The first-order valence-electron chi connectivity index (χ1n) is 7.55. The molecule has 0 aliphatic rings. The Hall–Kier alpha value is -3.22. The van der Waals surface area contributed by atoms with E-state index in [9.17, 15) is 4.79 Å². The zero-order chi connectivity index (χ0) is 16.8. The maximum absolute atomic E-state index is 12.2. The van der Waals surface area contributed by atoms with Gasteiger partial charge in [0.25, 0.3) is 0 Å². The van der Waals surface area contributed by atoms with Crippen LogP contribution in [0.4, 0.5) is 5.69 Å². The van der Waals surface area contributed by atoms with Crippen LogP contribution in [0, 0.1) is 5.92 Å². The van der Waals surface area contributed by atoms with Gasteiger partial charge in [0, 0.05) is 11.3 Å². The molecule has 0 aliphatic carbocycles. The van der Waals surface area contributed by atoms with Crippen LogP contribution < -0.4 is 10.1 Å². The standard InChI is InChI=1S/C17H17N5O2/c1-12(11-24-15-5-3-2-4-6-15)17(23)18-14-9-7-13(8-10-14)16-19-21-22-20-16/h2-10,12H,11H2,1H3,(H,18,23)(H,19,20,21,22). The number of nitrogens with zero attached hydrogens (tertiary/aromatic N) is 3. The number of H-pyrrole nitrogens is 1. The molecule has 1 aromatic heterocycles. The van der Waals surface area contributed by atoms with Crippen molar-refractivity contribution in [3.63, 3.8) is 0 Å². The Labute approximate surface area is 139 Å². The number of aromatic nitrogens is 4. The fraction of sp³-hybridized carbons (Fsp3) is 0.176. The number of aromatic amines is 1. The van der Waals surface area contributed by atoms with Crippen molar-refractivity contribution in [3.05, 3.63) is 54.6 Å². The molecule has 1 heterocycles. The van der Waals surface area contributed by atoms with Gasteiger partial charge in [0.15, 0.2) is 0 Å². The molecular weight excluding hydrogens is 306 g/mol. The van der Waals surface area contributed by atoms with Gasteiger partial charge in [0.2, 0.25) is 11.7 Å². The lowest BCUT2D eigenvalue weighted by atomic mass is 10.1. The second-order valence-corrected chi connectivity index (χ2v) is 5.33. The molecule has 7 heteroatoms. The quantitative estimate of drug-likeness (QED) is 0.727. The van der Waals surface area contributed by atoms with Crippen molar-refractivity contribution in [3.8, 4) is 17.1 Å². The zero-order valence-corrected chi connectivity index (χ0v) is 13.1. The molecule has 0 aliphatic heterocycles. The molecule has 3 rings (SSSR count). The molecule has 2 aromatic carbocycles. The Morgan fingerprint density at radius 3 is 2.58 bits per heavy atom. The van der Waals surface area contributed by atoms with E-state index in [1.807, 2.05) is 49.4 Å². The molecule has 0 saturated carbocycles. The van der Waals surface area contributed by atoms with Gasteiger partial charge in [-0.05, 0) is 41.6 Å². The molecule has 7 nitrogen and oxygen atoms in total. The summed E-state index contributed by atoms with van der Waals surface area (Å²) in [5.41, 5.74) is 1.53. The van der Waals surface area contributed by atoms with Gasteiger partial charge in [-0.2, -0.15) is 5.21 Å². The molecular formula is C17H17N5O2. The molecule has 122 valence electrons. The summed E-state index contributed by atoms with van der Waals surface area (Å²) in [6.45, 7) is 2.14. The predicted molar refractivity (Wildman–Crippen MR) is 89.3 cm³/mol. The molecule has 0 saturated heterocycles. The average molecular weight is 323 g/mol. The SMILES string of the molecule is CC(COc1ccccc1)C(=O)Nc1ccc(-c2nn[nH]n2)cc1. The lowest BCUT2D eigenvalue weighted by Crippen LogP contribution is -2.25. The van der Waals surface area contributed by atoms with Gasteiger partial charge in [-0.15, -0.1) is 10.2 Å². The number of para-hydroxylation sites is 1. The van der Waals surface area contributed by atoms with Gasteiger partial charge < -0.3 is 10.1 Å². The van der Waals surface area contributed by atoms with Crippen molar-refractivity contribution in [2.24, 2.45) is 5.92 Å². The molecule has 1 atom stereocenters. The summed E-state index contributed by atoms with van der Waals surface area (Å²) in [6.07, 6.45) is 0. The van der Waals surface area contributed by atoms with E-state index in [1.165, 1.54) is 0 Å². The van der Waals surface area contributed by atoms with E-state index in [0.29, 0.717) is 18.1 Å². The van der Waals surface area contributed by atoms with Crippen LogP contribution in [0.15, 0.2) is 54.6 Å². The highest BCUT2D eigenvalue weighted by Crippen LogP contribution is 2.17. The van der Waals surface area contributed by atoms with Gasteiger partial charge >= 0.3 is 0 Å². The second kappa shape index (κ2) is 7.36. The van der Waals surface area contributed by atoms with Crippen molar-refractivity contribution in [1.82, 2.24) is 20.6 Å². The van der Waals surface area contributed by atoms with Crippen molar-refractivity contribution < 1.29 is 9.53 Å². The van der Waals surface area contributed by atoms with Crippen LogP contribution in [0.25, 0.3) is 11.4 Å². The summed E-state index contributed by atoms with van der Waals surface area (Å²) >= 11 is 0. The van der Waals surface area contributed by atoms with Crippen molar-refractivity contribution >= 4 is 11.6 Å². The molecule has 0 fully saturated rings. The van der Waals surface area contributed by atoms with E-state index in [4.69, 9.17) is 4.74 Å². The van der Waals surface area contributed by atoms with Crippen LogP contribution in [-0.2, 0) is 4.79 Å². The number of tetrazole rings is 1. The van der Waals surface area contributed by atoms with E-state index in [-0.39, 0.29) is 11.8 Å². The first-order chi connectivity index (χ1) is 11.7. The number of rotatable bonds is 6. The predicted octanol–water partition coefficient (Wildman–Crippen LogP) is 2.52. The van der Waals surface area contributed by atoms with Crippen LogP contribution >= 0.6 is 0 Å². The smallest absolute Gasteiger partial charge is 0.230 e. The monoisotopic (exact) mass is 323 g/mol. The molecule has 1 amide bonds. The largest absolute Gasteiger partial charge is 0.493 e. The minimum atomic E-state index is -0.276. The maximum atomic E-state index is 12.2. The van der Waals surface area contributed by atoms with Gasteiger partial charge in [-0.25, -0.2) is 0 Å². The molecule has 2 N–H and O–H groups in total. The number of carbonyl (C=O) groups excluding carboxylic acids is 1. The molecule has 3 aromatic rings. The van der Waals surface area contributed by atoms with Gasteiger partial charge in [-0.3, -0.25) is 4.79 Å². The first kappa shape index (κ1) is 15.7. The summed E-state index contributed by atoms with van der Waals surface area (Å²) in [4.78, 5) is 12.2. The second-order valence-electron chi connectivity index (χ2n) is 5.33. The van der Waals surface area contributed by atoms with Gasteiger partial charge in [0.05, 0.1) is 12.5 Å². The number of anilines is 1. The third kappa shape index (κ3) is 3.95. The highest BCUT2D eigenvalue weighted by molar-refractivity contribution is 5.92. The molecule has 0 spiro atoms. The highest BCUT2D eigenvalue weighted by atomic mass is 16.5. The van der Waals surface area contributed by atoms with Crippen LogP contribution in [-0.4, -0.2) is 33.1 Å². The zero-order valence-electron chi connectivity index (χ0n) is 13.1. The molecule has 0 bridgehead atoms. The Bertz CT molecular complexity index is 773. The number of hydrogen-bond acceptors (Lipinski definition) is 5. The number of hydrogen-bond donors (Lipinski definition) is 2. The Balaban J connectivity index is 1.54. The lowest BCUT2D eigenvalue weighted by molar-refractivity contribution is -0.120. The summed E-state index contributed by atoms with van der Waals surface area (Å²) in [7, 11) is 0. The Kier molecular flexibility index (Phi) is 4.81. The normalized spacial score (nSPS) is 11.7. The number of carbonyl (C=O) groups is 1. The summed E-state index contributed by atoms with van der Waals surface area (Å²) in [5, 5.41) is 16.6. The fourth-order valence-corrected chi connectivity index (χ4v) is 2.07. The third-order valence-electron chi connectivity index (χ3n) is 3.45. The minimum absolute atomic E-state index is 0.0988. The maximum Gasteiger partial charge on any atom is 0.230 e. The van der Waals surface area contributed by atoms with E-state index in [1.54, 1.807) is 12.1 Å². The van der Waals surface area contributed by atoms with Gasteiger partial charge in [-0.1, -0.05) is 25.1 Å².